The molecule has 4 heteroatoms. The second-order valence-electron chi connectivity index (χ2n) is 7.80. The van der Waals surface area contributed by atoms with Gasteiger partial charge in [0.25, 0.3) is 0 Å². The lowest BCUT2D eigenvalue weighted by atomic mass is 10.1. The zero-order valence-electron chi connectivity index (χ0n) is 19.0. The van der Waals surface area contributed by atoms with Gasteiger partial charge in [0.05, 0.1) is 18.8 Å². The minimum Gasteiger partial charge on any atom is -0.463 e. The highest BCUT2D eigenvalue weighted by Gasteiger charge is 2.07. The van der Waals surface area contributed by atoms with Crippen molar-refractivity contribution in [2.75, 3.05) is 13.2 Å². The summed E-state index contributed by atoms with van der Waals surface area (Å²) in [7, 11) is 0. The molecule has 0 aliphatic rings. The van der Waals surface area contributed by atoms with Crippen LogP contribution in [0.1, 0.15) is 107 Å². The Balaban J connectivity index is 2.28. The Kier molecular flexibility index (Phi) is 15.3. The largest absolute Gasteiger partial charge is 0.463 e. The van der Waals surface area contributed by atoms with Crippen molar-refractivity contribution >= 4 is 18.0 Å². The molecular weight excluding hydrogens is 376 g/mol. The number of unbranched alkanes of at least 4 members (excludes halogenated alkanes) is 10. The number of hydrogen-bond donors (Lipinski definition) is 0. The van der Waals surface area contributed by atoms with Crippen molar-refractivity contribution in [3.8, 4) is 0 Å². The van der Waals surface area contributed by atoms with Gasteiger partial charge in [-0.2, -0.15) is 0 Å². The van der Waals surface area contributed by atoms with E-state index in [1.165, 1.54) is 57.4 Å². The number of esters is 2. The normalized spacial score (nSPS) is 11.0. The third-order valence-electron chi connectivity index (χ3n) is 5.01. The zero-order chi connectivity index (χ0) is 21.9. The van der Waals surface area contributed by atoms with Gasteiger partial charge in [0.15, 0.2) is 0 Å². The SMILES string of the molecule is CCCCCCCCOC(=O)/C=C/c1cccc(C(=O)OCCCCCCCC)c1. The predicted molar refractivity (Wildman–Crippen MR) is 123 cm³/mol. The van der Waals surface area contributed by atoms with Crippen LogP contribution in [0.2, 0.25) is 0 Å². The molecule has 1 rings (SSSR count). The van der Waals surface area contributed by atoms with Crippen molar-refractivity contribution in [1.29, 1.82) is 0 Å². The molecule has 0 spiro atoms. The van der Waals surface area contributed by atoms with E-state index in [0.29, 0.717) is 18.8 Å². The maximum Gasteiger partial charge on any atom is 0.338 e. The van der Waals surface area contributed by atoms with E-state index in [1.807, 2.05) is 6.07 Å². The second-order valence-corrected chi connectivity index (χ2v) is 7.80. The fraction of sp³-hybridized carbons (Fsp3) is 0.615. The van der Waals surface area contributed by atoms with E-state index in [9.17, 15) is 9.59 Å². The van der Waals surface area contributed by atoms with Crippen LogP contribution in [0.3, 0.4) is 0 Å². The summed E-state index contributed by atoms with van der Waals surface area (Å²) in [5.41, 5.74) is 1.28. The first kappa shape index (κ1) is 25.9. The molecular formula is C26H40O4. The average molecular weight is 417 g/mol. The van der Waals surface area contributed by atoms with E-state index in [4.69, 9.17) is 9.47 Å². The molecule has 0 heterocycles. The van der Waals surface area contributed by atoms with Crippen LogP contribution < -0.4 is 0 Å². The fourth-order valence-corrected chi connectivity index (χ4v) is 3.17. The van der Waals surface area contributed by atoms with Crippen molar-refractivity contribution in [1.82, 2.24) is 0 Å². The highest BCUT2D eigenvalue weighted by Crippen LogP contribution is 2.11. The molecule has 0 fully saturated rings. The molecule has 168 valence electrons. The van der Waals surface area contributed by atoms with Gasteiger partial charge in [-0.3, -0.25) is 0 Å². The Morgan fingerprint density at radius 3 is 1.97 bits per heavy atom. The molecule has 0 saturated carbocycles. The van der Waals surface area contributed by atoms with Gasteiger partial charge < -0.3 is 9.47 Å². The summed E-state index contributed by atoms with van der Waals surface area (Å²) in [6, 6.07) is 7.11. The van der Waals surface area contributed by atoms with Gasteiger partial charge in [-0.1, -0.05) is 90.2 Å². The number of hydrogen-bond acceptors (Lipinski definition) is 4. The van der Waals surface area contributed by atoms with Crippen LogP contribution in [0.15, 0.2) is 30.3 Å². The van der Waals surface area contributed by atoms with Gasteiger partial charge in [0, 0.05) is 6.08 Å². The van der Waals surface area contributed by atoms with Crippen LogP contribution in [0.25, 0.3) is 6.08 Å². The van der Waals surface area contributed by atoms with Crippen LogP contribution in [-0.2, 0) is 14.3 Å². The van der Waals surface area contributed by atoms with Crippen molar-refractivity contribution < 1.29 is 19.1 Å². The Labute approximate surface area is 183 Å². The molecule has 1 aromatic rings. The predicted octanol–water partition coefficient (Wildman–Crippen LogP) is 7.12. The molecule has 0 radical (unpaired) electrons. The van der Waals surface area contributed by atoms with Crippen molar-refractivity contribution in [3.63, 3.8) is 0 Å². The summed E-state index contributed by atoms with van der Waals surface area (Å²) >= 11 is 0. The molecule has 0 aliphatic carbocycles. The smallest absolute Gasteiger partial charge is 0.338 e. The lowest BCUT2D eigenvalue weighted by molar-refractivity contribution is -0.137. The van der Waals surface area contributed by atoms with Gasteiger partial charge in [-0.05, 0) is 36.6 Å². The number of ether oxygens (including phenoxy) is 2. The van der Waals surface area contributed by atoms with E-state index in [-0.39, 0.29) is 11.9 Å². The highest BCUT2D eigenvalue weighted by atomic mass is 16.5. The lowest BCUT2D eigenvalue weighted by Gasteiger charge is -2.06. The molecule has 0 aliphatic heterocycles. The van der Waals surface area contributed by atoms with E-state index in [1.54, 1.807) is 24.3 Å². The quantitative estimate of drug-likeness (QED) is 0.154. The Morgan fingerprint density at radius 2 is 1.33 bits per heavy atom. The molecule has 0 N–H and O–H groups in total. The van der Waals surface area contributed by atoms with Crippen LogP contribution in [0.5, 0.6) is 0 Å². The van der Waals surface area contributed by atoms with Gasteiger partial charge in [-0.15, -0.1) is 0 Å². The first-order chi connectivity index (χ1) is 14.7. The standard InChI is InChI=1S/C26H40O4/c1-3-5-7-9-11-13-20-29-25(27)19-18-23-16-15-17-24(22-23)26(28)30-21-14-12-10-8-6-4-2/h15-19,22H,3-14,20-21H2,1-2H3/b19-18+. The molecule has 0 atom stereocenters. The average Bonchev–Trinajstić information content (AvgIpc) is 2.76. The van der Waals surface area contributed by atoms with Crippen molar-refractivity contribution in [3.05, 3.63) is 41.5 Å². The maximum atomic E-state index is 12.2. The maximum absolute atomic E-state index is 12.2. The lowest BCUT2D eigenvalue weighted by Crippen LogP contribution is -2.06. The van der Waals surface area contributed by atoms with E-state index in [2.05, 4.69) is 13.8 Å². The van der Waals surface area contributed by atoms with Crippen LogP contribution in [0.4, 0.5) is 0 Å². The second kappa shape index (κ2) is 17.7. The summed E-state index contributed by atoms with van der Waals surface area (Å²) in [4.78, 5) is 24.0. The zero-order valence-corrected chi connectivity index (χ0v) is 19.0. The van der Waals surface area contributed by atoms with Crippen molar-refractivity contribution in [2.45, 2.75) is 90.9 Å². The summed E-state index contributed by atoms with van der Waals surface area (Å²) in [5, 5.41) is 0. The van der Waals surface area contributed by atoms with Gasteiger partial charge in [0.2, 0.25) is 0 Å². The molecule has 1 aromatic carbocycles. The molecule has 4 nitrogen and oxygen atoms in total. The van der Waals surface area contributed by atoms with Crippen molar-refractivity contribution in [2.24, 2.45) is 0 Å². The van der Waals surface area contributed by atoms with Gasteiger partial charge >= 0.3 is 11.9 Å². The van der Waals surface area contributed by atoms with Gasteiger partial charge in [0.1, 0.15) is 0 Å². The summed E-state index contributed by atoms with van der Waals surface area (Å²) < 4.78 is 10.6. The molecule has 0 aromatic heterocycles. The monoisotopic (exact) mass is 416 g/mol. The number of carbonyl (C=O) groups is 2. The molecule has 0 saturated heterocycles. The Bertz CT molecular complexity index is 621. The third-order valence-corrected chi connectivity index (χ3v) is 5.01. The summed E-state index contributed by atoms with van der Waals surface area (Å²) in [6.07, 6.45) is 17.0. The minimum absolute atomic E-state index is 0.315. The number of rotatable bonds is 17. The first-order valence-electron chi connectivity index (χ1n) is 11.8. The summed E-state index contributed by atoms with van der Waals surface area (Å²) in [5.74, 6) is -0.663. The highest BCUT2D eigenvalue weighted by molar-refractivity contribution is 5.91. The summed E-state index contributed by atoms with van der Waals surface area (Å²) in [6.45, 7) is 5.31. The third kappa shape index (κ3) is 13.2. The first-order valence-corrected chi connectivity index (χ1v) is 11.8. The van der Waals surface area contributed by atoms with Crippen LogP contribution in [0, 0.1) is 0 Å². The Hall–Kier alpha value is -2.10. The number of benzene rings is 1. The van der Waals surface area contributed by atoms with Gasteiger partial charge in [-0.25, -0.2) is 9.59 Å². The minimum atomic E-state index is -0.348. The molecule has 0 bridgehead atoms. The van der Waals surface area contributed by atoms with E-state index < -0.39 is 0 Å². The van der Waals surface area contributed by atoms with Crippen LogP contribution >= 0.6 is 0 Å². The molecule has 30 heavy (non-hydrogen) atoms. The molecule has 0 amide bonds. The molecule has 0 unspecified atom stereocenters. The van der Waals surface area contributed by atoms with E-state index in [0.717, 1.165) is 31.2 Å². The topological polar surface area (TPSA) is 52.6 Å². The van der Waals surface area contributed by atoms with Crippen LogP contribution in [-0.4, -0.2) is 25.2 Å². The number of carbonyl (C=O) groups excluding carboxylic acids is 2. The fourth-order valence-electron chi connectivity index (χ4n) is 3.17. The van der Waals surface area contributed by atoms with E-state index >= 15 is 0 Å². The Morgan fingerprint density at radius 1 is 0.767 bits per heavy atom.